The van der Waals surface area contributed by atoms with E-state index in [1.807, 2.05) is 0 Å². The first-order chi connectivity index (χ1) is 25.0. The van der Waals surface area contributed by atoms with E-state index >= 15 is 0 Å². The van der Waals surface area contributed by atoms with E-state index in [2.05, 4.69) is 45.5 Å². The second-order valence-electron chi connectivity index (χ2n) is 8.07. The normalized spacial score (nSPS) is 32.0. The maximum atomic E-state index is 11.4. The molecule has 14 atom stereocenters. The van der Waals surface area contributed by atoms with E-state index < -0.39 is 120 Å². The van der Waals surface area contributed by atoms with Gasteiger partial charge in [-0.1, -0.05) is 15.1 Å². The molecule has 32 nitrogen and oxygen atoms in total. The molecular formula is C13H24O32S7. The van der Waals surface area contributed by atoms with Crippen LogP contribution in [0.2, 0.25) is 0 Å². The Kier molecular flexibility index (Phi) is 26.2. The van der Waals surface area contributed by atoms with Crippen molar-refractivity contribution in [3.05, 3.63) is 0 Å². The van der Waals surface area contributed by atoms with E-state index in [4.69, 9.17) is 71.4 Å². The maximum Gasteiger partial charge on any atom is 0.331 e. The highest BCUT2D eigenvalue weighted by molar-refractivity contribution is 7.90. The summed E-state index contributed by atoms with van der Waals surface area (Å²) < 4.78 is 150. The minimum Gasteiger partial charge on any atom is -0.353 e. The number of hydrogen-bond acceptors (Lipinski definition) is 31. The van der Waals surface area contributed by atoms with Crippen LogP contribution in [-0.4, -0.2) is 133 Å². The van der Waals surface area contributed by atoms with Crippen LogP contribution in [0.25, 0.3) is 0 Å². The molecule has 0 aliphatic carbocycles. The van der Waals surface area contributed by atoms with Gasteiger partial charge in [-0.2, -0.15) is 16.8 Å². The average Bonchev–Trinajstić information content (AvgIpc) is 3.09. The molecule has 0 radical (unpaired) electrons. The Labute approximate surface area is 310 Å². The van der Waals surface area contributed by atoms with Crippen molar-refractivity contribution in [2.24, 2.45) is 0 Å². The number of hydrogen-bond donors (Lipinski definition) is 7. The molecule has 0 bridgehead atoms. The van der Waals surface area contributed by atoms with Gasteiger partial charge in [0, 0.05) is 7.11 Å². The molecule has 2 aliphatic heterocycles. The molecule has 2 rings (SSSR count). The van der Waals surface area contributed by atoms with Crippen LogP contribution in [0.5, 0.6) is 0 Å². The quantitative estimate of drug-likeness (QED) is 0.0150. The van der Waals surface area contributed by atoms with Crippen LogP contribution in [0.3, 0.4) is 0 Å². The molecule has 0 aromatic rings. The second-order valence-corrected chi connectivity index (χ2v) is 11.8. The standard InChI is InChI=1S/C13H24O32S7/c1-25-12-10(33-44-51(21)22)8(31-42-49(17)18)6(4(28-12)2-26-46-39-36-14)30-13-11(34-45-52(23)24)9(32-43-50(19)20)7(35-48-41-38-16)5(29-13)3-27-47-40-37-15/h4-16H,2-3H2,1H3,(H,17,18)(H,19,20)(H,21,22)(H,23,24)/t4?,5?,6-,7-,8+,9+,10?,11?,12-,13+/m1/s1. The average molecular weight is 917 g/mol. The molecule has 310 valence electrons. The molecule has 2 aliphatic rings. The Morgan fingerprint density at radius 3 is 1.37 bits per heavy atom. The summed E-state index contributed by atoms with van der Waals surface area (Å²) in [6.45, 7) is -1.49. The highest BCUT2D eigenvalue weighted by Crippen LogP contribution is 2.37. The highest BCUT2D eigenvalue weighted by atomic mass is 32.2. The van der Waals surface area contributed by atoms with Crippen LogP contribution in [0, 0.1) is 0 Å². The van der Waals surface area contributed by atoms with Gasteiger partial charge in [-0.3, -0.25) is 30.8 Å². The van der Waals surface area contributed by atoms with Gasteiger partial charge in [0.05, 0.1) is 13.2 Å². The van der Waals surface area contributed by atoms with Gasteiger partial charge in [-0.25, -0.2) is 35.3 Å². The van der Waals surface area contributed by atoms with Gasteiger partial charge in [-0.15, -0.1) is 30.3 Å². The first kappa shape index (κ1) is 48.7. The minimum atomic E-state index is -3.25. The monoisotopic (exact) mass is 916 g/mol. The second kappa shape index (κ2) is 28.0. The molecule has 0 amide bonds. The van der Waals surface area contributed by atoms with Gasteiger partial charge in [0.1, 0.15) is 24.4 Å². The molecule has 39 heteroatoms. The maximum absolute atomic E-state index is 11.4. The van der Waals surface area contributed by atoms with Crippen molar-refractivity contribution >= 4 is 82.4 Å². The van der Waals surface area contributed by atoms with Crippen LogP contribution in [0.4, 0.5) is 0 Å². The van der Waals surface area contributed by atoms with Crippen LogP contribution in [0.1, 0.15) is 0 Å². The van der Waals surface area contributed by atoms with Crippen LogP contribution in [0.15, 0.2) is 0 Å². The van der Waals surface area contributed by atoms with E-state index in [-0.39, 0.29) is 37.0 Å². The lowest BCUT2D eigenvalue weighted by Gasteiger charge is -2.47. The zero-order valence-electron chi connectivity index (χ0n) is 24.4. The summed E-state index contributed by atoms with van der Waals surface area (Å²) in [7, 11) is 1.01. The van der Waals surface area contributed by atoms with Crippen molar-refractivity contribution in [1.82, 2.24) is 0 Å². The molecule has 0 saturated carbocycles. The third-order valence-corrected chi connectivity index (χ3v) is 7.32. The minimum absolute atomic E-state index is 0.000508. The lowest BCUT2D eigenvalue weighted by atomic mass is 9.97. The zero-order valence-corrected chi connectivity index (χ0v) is 30.1. The van der Waals surface area contributed by atoms with Crippen molar-refractivity contribution in [2.45, 2.75) is 61.4 Å². The van der Waals surface area contributed by atoms with E-state index in [9.17, 15) is 30.5 Å². The van der Waals surface area contributed by atoms with Crippen LogP contribution in [-0.2, 0) is 142 Å². The molecule has 2 saturated heterocycles. The Morgan fingerprint density at radius 2 is 0.923 bits per heavy atom. The van der Waals surface area contributed by atoms with Crippen molar-refractivity contribution in [2.75, 3.05) is 20.3 Å². The van der Waals surface area contributed by atoms with Gasteiger partial charge in [-0.05, 0) is 0 Å². The van der Waals surface area contributed by atoms with Gasteiger partial charge in [0.2, 0.25) is 0 Å². The molecule has 52 heavy (non-hydrogen) atoms. The summed E-state index contributed by atoms with van der Waals surface area (Å²) in [5.74, 6) is 0. The fourth-order valence-electron chi connectivity index (χ4n) is 3.83. The predicted octanol–water partition coefficient (Wildman–Crippen LogP) is -1.35. The number of ether oxygens (including phenoxy) is 4. The summed E-state index contributed by atoms with van der Waals surface area (Å²) in [5.41, 5.74) is 0. The van der Waals surface area contributed by atoms with Gasteiger partial charge < -0.3 is 18.9 Å². The SMILES string of the molecule is CO[C@@H]1OC(COSOOO)[C@@H](O[C@@H]2OC(COSOOO)[C@@H](OSOOO)[C@H](OOS(=O)O)C2OOS(=O)O)[C@H](OOS(=O)O)C1OOS(=O)O. The van der Waals surface area contributed by atoms with E-state index in [1.165, 1.54) is 0 Å². The van der Waals surface area contributed by atoms with Crippen molar-refractivity contribution in [3.63, 3.8) is 0 Å². The fraction of sp³-hybridized carbons (Fsp3) is 1.00. The predicted molar refractivity (Wildman–Crippen MR) is 150 cm³/mol. The summed E-state index contributed by atoms with van der Waals surface area (Å²) in [6.07, 6.45) is -19.1. The van der Waals surface area contributed by atoms with E-state index in [0.717, 1.165) is 7.11 Å². The molecule has 7 N–H and O–H groups in total. The van der Waals surface area contributed by atoms with Gasteiger partial charge in [0.15, 0.2) is 74.0 Å². The lowest BCUT2D eigenvalue weighted by molar-refractivity contribution is -0.445. The summed E-state index contributed by atoms with van der Waals surface area (Å²) in [6, 6.07) is 0. The third kappa shape index (κ3) is 17.8. The zero-order chi connectivity index (χ0) is 38.5. The summed E-state index contributed by atoms with van der Waals surface area (Å²) in [5, 5.41) is 35.5. The number of methoxy groups -OCH3 is 1. The molecule has 0 spiro atoms. The Morgan fingerprint density at radius 1 is 0.538 bits per heavy atom. The summed E-state index contributed by atoms with van der Waals surface area (Å²) in [4.78, 5) is 19.7. The highest BCUT2D eigenvalue weighted by Gasteiger charge is 2.57. The molecule has 2 fully saturated rings. The Bertz CT molecular complexity index is 1060. The lowest BCUT2D eigenvalue weighted by Crippen LogP contribution is -2.66. The van der Waals surface area contributed by atoms with Crippen molar-refractivity contribution < 1.29 is 147 Å². The Balaban J connectivity index is 2.67. The molecular weight excluding hydrogens is 893 g/mol. The smallest absolute Gasteiger partial charge is 0.331 e. The first-order valence-corrected chi connectivity index (χ1v) is 18.2. The van der Waals surface area contributed by atoms with E-state index in [0.29, 0.717) is 0 Å². The van der Waals surface area contributed by atoms with Gasteiger partial charge >= 0.3 is 45.4 Å². The topological polar surface area (TPSA) is 404 Å². The molecule has 2 heterocycles. The third-order valence-electron chi connectivity index (χ3n) is 5.43. The van der Waals surface area contributed by atoms with Crippen LogP contribution < -0.4 is 0 Å². The van der Waals surface area contributed by atoms with Crippen molar-refractivity contribution in [1.29, 1.82) is 0 Å². The molecule has 8 unspecified atom stereocenters. The number of rotatable bonds is 29. The van der Waals surface area contributed by atoms with Crippen molar-refractivity contribution in [3.8, 4) is 0 Å². The van der Waals surface area contributed by atoms with Crippen LogP contribution >= 0.6 is 37.0 Å². The summed E-state index contributed by atoms with van der Waals surface area (Å²) >= 11 is -13.0. The Hall–Kier alpha value is 0.530. The van der Waals surface area contributed by atoms with E-state index in [1.54, 1.807) is 0 Å². The molecule has 0 aromatic heterocycles. The largest absolute Gasteiger partial charge is 0.353 e. The van der Waals surface area contributed by atoms with Gasteiger partial charge in [0.25, 0.3) is 0 Å². The fourth-order valence-corrected chi connectivity index (χ4v) is 5.35. The first-order valence-electron chi connectivity index (χ1n) is 12.1. The molecule has 0 aromatic carbocycles.